The third kappa shape index (κ3) is 2.59. The highest BCUT2D eigenvalue weighted by atomic mass is 16.2. The fraction of sp³-hybridized carbons (Fsp3) is 0.353. The van der Waals surface area contributed by atoms with E-state index in [1.165, 1.54) is 14.1 Å². The lowest BCUT2D eigenvalue weighted by atomic mass is 9.98. The molecule has 130 valence electrons. The number of imide groups is 2. The Balaban J connectivity index is 1.96. The Morgan fingerprint density at radius 3 is 2.28 bits per heavy atom. The number of carbonyl (C=O) groups excluding carboxylic acids is 4. The molecule has 1 fully saturated rings. The molecular weight excluding hydrogens is 324 g/mol. The van der Waals surface area contributed by atoms with Crippen molar-refractivity contribution in [2.24, 2.45) is 5.92 Å². The van der Waals surface area contributed by atoms with Crippen molar-refractivity contribution < 1.29 is 19.2 Å². The molecule has 4 amide bonds. The van der Waals surface area contributed by atoms with Crippen LogP contribution in [0.15, 0.2) is 24.3 Å². The molecule has 0 unspecified atom stereocenters. The van der Waals surface area contributed by atoms with E-state index in [0.717, 1.165) is 20.8 Å². The third-order valence-electron chi connectivity index (χ3n) is 4.41. The molecule has 0 N–H and O–H groups in total. The number of ketones is 1. The maximum atomic E-state index is 12.7. The Hall–Kier alpha value is -3.03. The number of aryl methyl sites for hydroxylation is 1. The lowest BCUT2D eigenvalue weighted by molar-refractivity contribution is -0.152. The minimum absolute atomic E-state index is 0.151. The smallest absolute Gasteiger partial charge is 0.320 e. The minimum atomic E-state index is -1.50. The van der Waals surface area contributed by atoms with Crippen LogP contribution in [0.4, 0.5) is 4.79 Å². The van der Waals surface area contributed by atoms with Crippen molar-refractivity contribution >= 4 is 34.7 Å². The van der Waals surface area contributed by atoms with Gasteiger partial charge in [0.05, 0.1) is 17.6 Å². The normalized spacial score (nSPS) is 16.2. The number of imidazole rings is 1. The Bertz CT molecular complexity index is 877. The molecular formula is C17H18N4O4. The van der Waals surface area contributed by atoms with Crippen LogP contribution in [-0.2, 0) is 27.3 Å². The number of benzene rings is 1. The Labute approximate surface area is 144 Å². The highest BCUT2D eigenvalue weighted by molar-refractivity contribution is 6.26. The largest absolute Gasteiger partial charge is 0.332 e. The molecule has 0 atom stereocenters. The highest BCUT2D eigenvalue weighted by Gasteiger charge is 2.46. The summed E-state index contributed by atoms with van der Waals surface area (Å²) < 4.78 is 1.72. The summed E-state index contributed by atoms with van der Waals surface area (Å²) in [5.74, 6) is -2.94. The fourth-order valence-electron chi connectivity index (χ4n) is 3.00. The molecule has 0 bridgehead atoms. The summed E-state index contributed by atoms with van der Waals surface area (Å²) in [5, 5.41) is 0. The Morgan fingerprint density at radius 2 is 1.68 bits per heavy atom. The van der Waals surface area contributed by atoms with E-state index >= 15 is 0 Å². The molecule has 0 saturated carbocycles. The van der Waals surface area contributed by atoms with Crippen molar-refractivity contribution in [2.75, 3.05) is 14.1 Å². The predicted molar refractivity (Wildman–Crippen MR) is 88.5 cm³/mol. The van der Waals surface area contributed by atoms with Gasteiger partial charge in [0.1, 0.15) is 5.82 Å². The number of nitrogens with zero attached hydrogens (tertiary/aromatic N) is 4. The summed E-state index contributed by atoms with van der Waals surface area (Å²) in [6.45, 7) is 1.76. The minimum Gasteiger partial charge on any atom is -0.320 e. The Kier molecular flexibility index (Phi) is 4.12. The maximum absolute atomic E-state index is 12.7. The first-order valence-corrected chi connectivity index (χ1v) is 7.92. The van der Waals surface area contributed by atoms with Crippen LogP contribution in [-0.4, -0.2) is 57.1 Å². The summed E-state index contributed by atoms with van der Waals surface area (Å²) in [6, 6.07) is 6.63. The van der Waals surface area contributed by atoms with Crippen molar-refractivity contribution in [1.29, 1.82) is 0 Å². The fourth-order valence-corrected chi connectivity index (χ4v) is 3.00. The number of Topliss-reactive ketones (excluding diaryl/α,β-unsaturated/α-hetero) is 1. The SMILES string of the molecule is CCc1nc2ccccc2n1CC(=O)C1C(=O)N(C)C(=O)N(C)C1=O. The predicted octanol–water partition coefficient (Wildman–Crippen LogP) is 0.834. The van der Waals surface area contributed by atoms with Gasteiger partial charge in [-0.1, -0.05) is 19.1 Å². The average Bonchev–Trinajstić information content (AvgIpc) is 2.96. The first kappa shape index (κ1) is 16.8. The second kappa shape index (κ2) is 6.12. The molecule has 1 aliphatic heterocycles. The molecule has 1 aliphatic rings. The van der Waals surface area contributed by atoms with E-state index in [0.29, 0.717) is 12.2 Å². The molecule has 3 rings (SSSR count). The Morgan fingerprint density at radius 1 is 1.08 bits per heavy atom. The van der Waals surface area contributed by atoms with Gasteiger partial charge in [0.15, 0.2) is 11.7 Å². The summed E-state index contributed by atoms with van der Waals surface area (Å²) in [7, 11) is 2.52. The first-order chi connectivity index (χ1) is 11.9. The summed E-state index contributed by atoms with van der Waals surface area (Å²) in [4.78, 5) is 55.2. The zero-order valence-corrected chi connectivity index (χ0v) is 14.2. The van der Waals surface area contributed by atoms with E-state index in [-0.39, 0.29) is 6.54 Å². The number of hydrogen-bond donors (Lipinski definition) is 0. The molecule has 0 aliphatic carbocycles. The van der Waals surface area contributed by atoms with Gasteiger partial charge in [-0.05, 0) is 12.1 Å². The van der Waals surface area contributed by atoms with Crippen molar-refractivity contribution in [1.82, 2.24) is 19.4 Å². The van der Waals surface area contributed by atoms with Crippen LogP contribution >= 0.6 is 0 Å². The van der Waals surface area contributed by atoms with Gasteiger partial charge in [-0.2, -0.15) is 0 Å². The number of urea groups is 1. The van der Waals surface area contributed by atoms with Gasteiger partial charge in [0.25, 0.3) is 11.8 Å². The summed E-state index contributed by atoms with van der Waals surface area (Å²) >= 11 is 0. The maximum Gasteiger partial charge on any atom is 0.332 e. The molecule has 1 saturated heterocycles. The number of carbonyl (C=O) groups is 4. The molecule has 1 aromatic heterocycles. The van der Waals surface area contributed by atoms with Crippen LogP contribution in [0, 0.1) is 5.92 Å². The number of rotatable bonds is 4. The van der Waals surface area contributed by atoms with Crippen molar-refractivity contribution in [3.63, 3.8) is 0 Å². The van der Waals surface area contributed by atoms with Crippen LogP contribution in [0.3, 0.4) is 0 Å². The van der Waals surface area contributed by atoms with Crippen LogP contribution in [0.5, 0.6) is 0 Å². The molecule has 0 spiro atoms. The lowest BCUT2D eigenvalue weighted by Crippen LogP contribution is -2.59. The monoisotopic (exact) mass is 342 g/mol. The quantitative estimate of drug-likeness (QED) is 0.768. The number of fused-ring (bicyclic) bond motifs is 1. The summed E-state index contributed by atoms with van der Waals surface area (Å²) in [6.07, 6.45) is 0.604. The van der Waals surface area contributed by atoms with E-state index < -0.39 is 29.5 Å². The van der Waals surface area contributed by atoms with Gasteiger partial charge >= 0.3 is 6.03 Å². The van der Waals surface area contributed by atoms with E-state index in [1.54, 1.807) is 4.57 Å². The molecule has 25 heavy (non-hydrogen) atoms. The molecule has 8 heteroatoms. The zero-order valence-electron chi connectivity index (χ0n) is 14.2. The van der Waals surface area contributed by atoms with E-state index in [2.05, 4.69) is 4.98 Å². The lowest BCUT2D eigenvalue weighted by Gasteiger charge is -2.32. The number of hydrogen-bond acceptors (Lipinski definition) is 5. The topological polar surface area (TPSA) is 92.6 Å². The van der Waals surface area contributed by atoms with Gasteiger partial charge in [-0.25, -0.2) is 9.78 Å². The van der Waals surface area contributed by atoms with Gasteiger partial charge in [-0.3, -0.25) is 24.2 Å². The number of para-hydroxylation sites is 2. The summed E-state index contributed by atoms with van der Waals surface area (Å²) in [5.41, 5.74) is 1.51. The van der Waals surface area contributed by atoms with E-state index in [9.17, 15) is 19.2 Å². The number of barbiturate groups is 1. The van der Waals surface area contributed by atoms with Crippen molar-refractivity contribution in [3.05, 3.63) is 30.1 Å². The first-order valence-electron chi connectivity index (χ1n) is 7.92. The molecule has 0 radical (unpaired) electrons. The van der Waals surface area contributed by atoms with Gasteiger partial charge in [0, 0.05) is 20.5 Å². The van der Waals surface area contributed by atoms with E-state index in [1.807, 2.05) is 31.2 Å². The molecule has 2 heterocycles. The number of amides is 4. The third-order valence-corrected chi connectivity index (χ3v) is 4.41. The zero-order chi connectivity index (χ0) is 18.3. The van der Waals surface area contributed by atoms with Crippen molar-refractivity contribution in [3.8, 4) is 0 Å². The highest BCUT2D eigenvalue weighted by Crippen LogP contribution is 2.20. The van der Waals surface area contributed by atoms with E-state index in [4.69, 9.17) is 0 Å². The van der Waals surface area contributed by atoms with Crippen LogP contribution < -0.4 is 0 Å². The second-order valence-corrected chi connectivity index (χ2v) is 5.93. The number of aromatic nitrogens is 2. The molecule has 2 aromatic rings. The standard InChI is InChI=1S/C17H18N4O4/c1-4-13-18-10-7-5-6-8-11(10)21(13)9-12(22)14-15(23)19(2)17(25)20(3)16(14)24/h5-8,14H,4,9H2,1-3H3. The molecule has 8 nitrogen and oxygen atoms in total. The van der Waals surface area contributed by atoms with Gasteiger partial charge in [-0.15, -0.1) is 0 Å². The van der Waals surface area contributed by atoms with Crippen LogP contribution in [0.25, 0.3) is 11.0 Å². The van der Waals surface area contributed by atoms with Crippen molar-refractivity contribution in [2.45, 2.75) is 19.9 Å². The van der Waals surface area contributed by atoms with Crippen LogP contribution in [0.1, 0.15) is 12.7 Å². The van der Waals surface area contributed by atoms with Gasteiger partial charge < -0.3 is 4.57 Å². The average molecular weight is 342 g/mol. The van der Waals surface area contributed by atoms with Gasteiger partial charge in [0.2, 0.25) is 0 Å². The molecule has 1 aromatic carbocycles. The van der Waals surface area contributed by atoms with Crippen LogP contribution in [0.2, 0.25) is 0 Å². The second-order valence-electron chi connectivity index (χ2n) is 5.93.